The minimum absolute atomic E-state index is 0.0461. The number of aromatic nitrogens is 2. The Morgan fingerprint density at radius 3 is 2.35 bits per heavy atom. The highest BCUT2D eigenvalue weighted by Gasteiger charge is 2.39. The quantitative estimate of drug-likeness (QED) is 0.116. The van der Waals surface area contributed by atoms with E-state index in [4.69, 9.17) is 4.74 Å². The van der Waals surface area contributed by atoms with Crippen LogP contribution in [0.4, 0.5) is 17.1 Å². The molecule has 5 rings (SSSR count). The van der Waals surface area contributed by atoms with Crippen LogP contribution in [0.1, 0.15) is 82.5 Å². The molecule has 4 amide bonds. The van der Waals surface area contributed by atoms with Gasteiger partial charge in [-0.1, -0.05) is 49.7 Å². The molecule has 13 nitrogen and oxygen atoms in total. The number of carboxylic acid groups (broad SMARTS) is 1. The van der Waals surface area contributed by atoms with Crippen LogP contribution < -0.4 is 25.6 Å². The molecule has 266 valence electrons. The van der Waals surface area contributed by atoms with Gasteiger partial charge in [0.15, 0.2) is 6.23 Å². The Labute approximate surface area is 296 Å². The third-order valence-corrected chi connectivity index (χ3v) is 8.66. The number of hydrogen-bond donors (Lipinski definition) is 4. The molecule has 2 heterocycles. The molecule has 0 radical (unpaired) electrons. The van der Waals surface area contributed by atoms with Crippen molar-refractivity contribution in [3.8, 4) is 5.75 Å². The minimum atomic E-state index is -1.63. The van der Waals surface area contributed by atoms with E-state index in [1.165, 1.54) is 34.7 Å². The molecule has 3 aromatic carbocycles. The van der Waals surface area contributed by atoms with Gasteiger partial charge in [-0.3, -0.25) is 19.2 Å². The number of ether oxygens (including phenoxy) is 1. The lowest BCUT2D eigenvalue weighted by molar-refractivity contribution is -0.130. The first kappa shape index (κ1) is 36.3. The minimum Gasteiger partial charge on any atom is -0.478 e. The van der Waals surface area contributed by atoms with E-state index < -0.39 is 41.9 Å². The smallest absolute Gasteiger partial charge is 0.339 e. The summed E-state index contributed by atoms with van der Waals surface area (Å²) in [6.45, 7) is 10.6. The summed E-state index contributed by atoms with van der Waals surface area (Å²) in [6, 6.07) is 15.8. The van der Waals surface area contributed by atoms with Crippen molar-refractivity contribution in [2.24, 2.45) is 0 Å². The monoisotopic (exact) mass is 694 g/mol. The van der Waals surface area contributed by atoms with Crippen molar-refractivity contribution in [3.63, 3.8) is 0 Å². The van der Waals surface area contributed by atoms with Gasteiger partial charge in [0, 0.05) is 24.7 Å². The maximum absolute atomic E-state index is 14.4. The number of para-hydroxylation sites is 1. The number of amides is 4. The topological polar surface area (TPSA) is 172 Å². The first-order valence-corrected chi connectivity index (χ1v) is 16.8. The van der Waals surface area contributed by atoms with E-state index in [9.17, 15) is 29.1 Å². The number of aromatic carboxylic acids is 1. The lowest BCUT2D eigenvalue weighted by Gasteiger charge is -2.25. The van der Waals surface area contributed by atoms with Gasteiger partial charge in [-0.25, -0.2) is 9.48 Å². The zero-order valence-corrected chi connectivity index (χ0v) is 29.5. The zero-order chi connectivity index (χ0) is 37.0. The number of anilines is 3. The summed E-state index contributed by atoms with van der Waals surface area (Å²) in [4.78, 5) is 68.3. The molecule has 2 unspecified atom stereocenters. The summed E-state index contributed by atoms with van der Waals surface area (Å²) >= 11 is 0. The molecule has 1 aliphatic rings. The van der Waals surface area contributed by atoms with Crippen molar-refractivity contribution >= 4 is 46.7 Å². The molecule has 1 aromatic heterocycles. The molecule has 51 heavy (non-hydrogen) atoms. The number of benzene rings is 3. The highest BCUT2D eigenvalue weighted by molar-refractivity contribution is 6.15. The van der Waals surface area contributed by atoms with Gasteiger partial charge in [-0.15, -0.1) is 0 Å². The van der Waals surface area contributed by atoms with Gasteiger partial charge in [0.2, 0.25) is 11.9 Å². The van der Waals surface area contributed by atoms with E-state index in [1.54, 1.807) is 32.9 Å². The number of rotatable bonds is 12. The van der Waals surface area contributed by atoms with Crippen LogP contribution in [-0.2, 0) is 33.6 Å². The molecule has 4 N–H and O–H groups in total. The number of fused-ring (bicyclic) bond motifs is 1. The Balaban J connectivity index is 1.51. The van der Waals surface area contributed by atoms with Crippen molar-refractivity contribution in [1.82, 2.24) is 15.1 Å². The van der Waals surface area contributed by atoms with Gasteiger partial charge in [0.1, 0.15) is 11.3 Å². The van der Waals surface area contributed by atoms with Crippen molar-refractivity contribution in [3.05, 3.63) is 99.9 Å². The third kappa shape index (κ3) is 7.77. The number of nitrogens with one attached hydrogen (secondary N) is 3. The molecule has 1 aliphatic heterocycles. The van der Waals surface area contributed by atoms with Crippen molar-refractivity contribution in [2.75, 3.05) is 22.1 Å². The third-order valence-electron chi connectivity index (χ3n) is 8.66. The van der Waals surface area contributed by atoms with Crippen LogP contribution in [0.2, 0.25) is 0 Å². The number of carbonyl (C=O) groups is 5. The second-order valence-corrected chi connectivity index (χ2v) is 12.4. The Morgan fingerprint density at radius 1 is 0.941 bits per heavy atom. The number of carboxylic acids is 1. The van der Waals surface area contributed by atoms with Crippen molar-refractivity contribution in [2.45, 2.75) is 73.1 Å². The van der Waals surface area contributed by atoms with Crippen LogP contribution in [0.3, 0.4) is 0 Å². The average Bonchev–Trinajstić information content (AvgIpc) is 3.68. The van der Waals surface area contributed by atoms with Gasteiger partial charge < -0.3 is 30.7 Å². The van der Waals surface area contributed by atoms with Crippen LogP contribution in [0.5, 0.6) is 5.75 Å². The summed E-state index contributed by atoms with van der Waals surface area (Å²) in [5.74, 6) is -2.99. The maximum atomic E-state index is 14.4. The average molecular weight is 695 g/mol. The fourth-order valence-electron chi connectivity index (χ4n) is 6.32. The summed E-state index contributed by atoms with van der Waals surface area (Å²) in [7, 11) is 0. The molecular formula is C38H42N6O7. The molecule has 13 heteroatoms. The summed E-state index contributed by atoms with van der Waals surface area (Å²) in [6.07, 6.45) is 0.288. The Hall–Kier alpha value is -5.98. The van der Waals surface area contributed by atoms with E-state index in [0.717, 1.165) is 16.7 Å². The van der Waals surface area contributed by atoms with Crippen molar-refractivity contribution < 1.29 is 33.8 Å². The molecule has 0 bridgehead atoms. The number of carbonyl (C=O) groups excluding carboxylic acids is 4. The van der Waals surface area contributed by atoms with E-state index in [2.05, 4.69) is 21.0 Å². The first-order chi connectivity index (χ1) is 24.3. The highest BCUT2D eigenvalue weighted by atomic mass is 16.5. The molecule has 2 atom stereocenters. The zero-order valence-electron chi connectivity index (χ0n) is 29.5. The summed E-state index contributed by atoms with van der Waals surface area (Å²) < 4.78 is 7.15. The van der Waals surface area contributed by atoms with Crippen molar-refractivity contribution in [1.29, 1.82) is 0 Å². The predicted molar refractivity (Wildman–Crippen MR) is 192 cm³/mol. The van der Waals surface area contributed by atoms with E-state index >= 15 is 0 Å². The van der Waals surface area contributed by atoms with E-state index in [-0.39, 0.29) is 46.7 Å². The molecule has 0 saturated carbocycles. The molecule has 0 saturated heterocycles. The second-order valence-electron chi connectivity index (χ2n) is 12.4. The molecule has 4 aromatic rings. The maximum Gasteiger partial charge on any atom is 0.339 e. The largest absolute Gasteiger partial charge is 0.478 e. The van der Waals surface area contributed by atoms with Gasteiger partial charge in [0.05, 0.1) is 22.8 Å². The van der Waals surface area contributed by atoms with Crippen LogP contribution in [0.15, 0.2) is 60.7 Å². The van der Waals surface area contributed by atoms with Crippen LogP contribution in [0.25, 0.3) is 0 Å². The van der Waals surface area contributed by atoms with Gasteiger partial charge in [0.25, 0.3) is 17.7 Å². The number of nitrogens with zero attached hydrogens (tertiary/aromatic N) is 3. The fourth-order valence-corrected chi connectivity index (χ4v) is 6.32. The lowest BCUT2D eigenvalue weighted by Crippen LogP contribution is -2.43. The molecular weight excluding hydrogens is 652 g/mol. The van der Waals surface area contributed by atoms with E-state index in [0.29, 0.717) is 24.4 Å². The molecule has 0 aliphatic carbocycles. The van der Waals surface area contributed by atoms with Crippen LogP contribution in [-0.4, -0.2) is 57.3 Å². The van der Waals surface area contributed by atoms with Gasteiger partial charge in [-0.05, 0) is 81.5 Å². The SMILES string of the molecule is CCc1nn(C(C(=O)Nc2cc(C(=O)NC(C)Oc3ccc(C)cc3C)ccc2NC(C)=O)C(=O)N2CCc3ccccc32)c(CC)c1C(=O)O. The second kappa shape index (κ2) is 15.3. The number of hydrogen-bond acceptors (Lipinski definition) is 7. The van der Waals surface area contributed by atoms with Crippen LogP contribution in [0, 0.1) is 13.8 Å². The Morgan fingerprint density at radius 2 is 1.69 bits per heavy atom. The highest BCUT2D eigenvalue weighted by Crippen LogP contribution is 2.32. The summed E-state index contributed by atoms with van der Waals surface area (Å²) in [5.41, 5.74) is 4.33. The van der Waals surface area contributed by atoms with E-state index in [1.807, 2.05) is 44.2 Å². The summed E-state index contributed by atoms with van der Waals surface area (Å²) in [5, 5.41) is 22.8. The standard InChI is InChI=1S/C38H42N6O7/c1-7-27-33(38(49)50)30(8-2)44(42-27)34(37(48)43-18-17-25-11-9-10-12-31(25)43)36(47)41-29-20-26(14-15-28(29)39-23(5)45)35(46)40-24(6)51-32-16-13-21(3)19-22(32)4/h9-16,19-20,24,34H,7-8,17-18H2,1-6H3,(H,39,45)(H,40,46)(H,41,47)(H,49,50). The lowest BCUT2D eigenvalue weighted by atomic mass is 10.1. The Bertz CT molecular complexity index is 2020. The Kier molecular flexibility index (Phi) is 10.9. The first-order valence-electron chi connectivity index (χ1n) is 16.8. The van der Waals surface area contributed by atoms with Gasteiger partial charge in [-0.2, -0.15) is 5.10 Å². The number of aryl methyl sites for hydroxylation is 3. The predicted octanol–water partition coefficient (Wildman–Crippen LogP) is 5.21. The fraction of sp³-hybridized carbons (Fsp3) is 0.316. The normalized spacial score (nSPS) is 13.2. The van der Waals surface area contributed by atoms with Gasteiger partial charge >= 0.3 is 5.97 Å². The van der Waals surface area contributed by atoms with Crippen LogP contribution >= 0.6 is 0 Å². The molecule has 0 fully saturated rings. The molecule has 0 spiro atoms.